The molecule has 1 N–H and O–H groups in total. The maximum absolute atomic E-state index is 14.2. The van der Waals surface area contributed by atoms with Gasteiger partial charge in [-0.15, -0.1) is 0 Å². The van der Waals surface area contributed by atoms with Crippen LogP contribution in [0.4, 0.5) is 13.6 Å². The van der Waals surface area contributed by atoms with Crippen molar-refractivity contribution in [2.75, 3.05) is 7.05 Å². The number of benzene rings is 1. The highest BCUT2D eigenvalue weighted by Gasteiger charge is 2.27. The molecule has 0 saturated heterocycles. The Morgan fingerprint density at radius 1 is 1.21 bits per heavy atom. The predicted molar refractivity (Wildman–Crippen MR) is 92.7 cm³/mol. The third-order valence-corrected chi connectivity index (χ3v) is 5.52. The summed E-state index contributed by atoms with van der Waals surface area (Å²) in [5.74, 6) is -1.73. The number of carbonyl (C=O) groups is 1. The number of halogens is 2. The summed E-state index contributed by atoms with van der Waals surface area (Å²) in [5.41, 5.74) is -0.190. The minimum Gasteiger partial charge on any atom is -0.465 e. The number of sulfone groups is 1. The highest BCUT2D eigenvalue weighted by Crippen LogP contribution is 2.26. The maximum atomic E-state index is 14.2. The summed E-state index contributed by atoms with van der Waals surface area (Å²) < 4.78 is 54.6. The third-order valence-electron chi connectivity index (χ3n) is 3.80. The third kappa shape index (κ3) is 3.69. The second-order valence-electron chi connectivity index (χ2n) is 5.80. The predicted octanol–water partition coefficient (Wildman–Crippen LogP) is 2.49. The van der Waals surface area contributed by atoms with E-state index in [1.165, 1.54) is 37.5 Å². The summed E-state index contributed by atoms with van der Waals surface area (Å²) in [6.45, 7) is -0.240. The van der Waals surface area contributed by atoms with Gasteiger partial charge in [-0.25, -0.2) is 27.3 Å². The minimum atomic E-state index is -4.29. The van der Waals surface area contributed by atoms with Crippen molar-refractivity contribution >= 4 is 15.9 Å². The molecule has 3 rings (SSSR count). The summed E-state index contributed by atoms with van der Waals surface area (Å²) in [5, 5.41) is 12.6. The van der Waals surface area contributed by atoms with Gasteiger partial charge in [-0.3, -0.25) is 0 Å². The number of pyridine rings is 1. The van der Waals surface area contributed by atoms with Gasteiger partial charge in [-0.1, -0.05) is 6.07 Å². The van der Waals surface area contributed by atoms with Gasteiger partial charge < -0.3 is 10.0 Å². The lowest BCUT2D eigenvalue weighted by atomic mass is 10.3. The molecule has 2 aromatic heterocycles. The van der Waals surface area contributed by atoms with Crippen LogP contribution < -0.4 is 0 Å². The average Bonchev–Trinajstić information content (AvgIpc) is 3.06. The van der Waals surface area contributed by atoms with Crippen molar-refractivity contribution in [3.05, 3.63) is 66.1 Å². The van der Waals surface area contributed by atoms with Crippen LogP contribution in [-0.4, -0.2) is 46.3 Å². The first-order chi connectivity index (χ1) is 13.2. The number of aromatic nitrogens is 3. The van der Waals surface area contributed by atoms with Crippen molar-refractivity contribution < 1.29 is 27.1 Å². The number of nitrogens with zero attached hydrogens (tertiary/aromatic N) is 4. The van der Waals surface area contributed by atoms with Gasteiger partial charge in [-0.05, 0) is 30.3 Å². The minimum absolute atomic E-state index is 0.0585. The quantitative estimate of drug-likeness (QED) is 0.651. The number of hydrogen-bond acceptors (Lipinski definition) is 5. The van der Waals surface area contributed by atoms with Gasteiger partial charge in [0.2, 0.25) is 15.8 Å². The molecule has 0 aliphatic carbocycles. The molecule has 0 aliphatic rings. The van der Waals surface area contributed by atoms with Gasteiger partial charge >= 0.3 is 6.09 Å². The summed E-state index contributed by atoms with van der Waals surface area (Å²) in [4.78, 5) is 15.0. The Hall–Kier alpha value is -3.34. The van der Waals surface area contributed by atoms with Crippen molar-refractivity contribution in [2.45, 2.75) is 16.5 Å². The number of carboxylic acid groups (broad SMARTS) is 1. The van der Waals surface area contributed by atoms with Gasteiger partial charge in [0.25, 0.3) is 0 Å². The SMILES string of the molecule is CN(Cc1cc(S(=O)(=O)c2cccc(F)c2)n(-c2cccnc2F)n1)C(=O)O. The van der Waals surface area contributed by atoms with Crippen LogP contribution in [0.2, 0.25) is 0 Å². The highest BCUT2D eigenvalue weighted by molar-refractivity contribution is 7.91. The van der Waals surface area contributed by atoms with Crippen LogP contribution >= 0.6 is 0 Å². The van der Waals surface area contributed by atoms with Gasteiger partial charge in [0.1, 0.15) is 11.5 Å². The van der Waals surface area contributed by atoms with Crippen LogP contribution in [0.25, 0.3) is 5.69 Å². The van der Waals surface area contributed by atoms with Crippen LogP contribution in [-0.2, 0) is 16.4 Å². The summed E-state index contributed by atoms with van der Waals surface area (Å²) in [7, 11) is -3.02. The molecule has 0 radical (unpaired) electrons. The molecular weight excluding hydrogens is 394 g/mol. The van der Waals surface area contributed by atoms with Crippen molar-refractivity contribution in [3.63, 3.8) is 0 Å². The Morgan fingerprint density at radius 3 is 2.61 bits per heavy atom. The fraction of sp³-hybridized carbons (Fsp3) is 0.118. The Balaban J connectivity index is 2.20. The largest absolute Gasteiger partial charge is 0.465 e. The van der Waals surface area contributed by atoms with Crippen LogP contribution in [0.5, 0.6) is 0 Å². The fourth-order valence-corrected chi connectivity index (χ4v) is 3.88. The molecule has 0 spiro atoms. The Labute approximate surface area is 158 Å². The first-order valence-electron chi connectivity index (χ1n) is 7.84. The molecule has 0 atom stereocenters. The number of hydrogen-bond donors (Lipinski definition) is 1. The first kappa shape index (κ1) is 19.4. The van der Waals surface area contributed by atoms with E-state index in [0.717, 1.165) is 27.8 Å². The maximum Gasteiger partial charge on any atom is 0.407 e. The molecule has 1 aromatic carbocycles. The van der Waals surface area contributed by atoms with E-state index in [-0.39, 0.29) is 22.8 Å². The highest BCUT2D eigenvalue weighted by atomic mass is 32.2. The second-order valence-corrected chi connectivity index (χ2v) is 7.70. The lowest BCUT2D eigenvalue weighted by molar-refractivity contribution is 0.153. The van der Waals surface area contributed by atoms with Gasteiger partial charge in [0.05, 0.1) is 17.1 Å². The zero-order valence-electron chi connectivity index (χ0n) is 14.5. The molecule has 0 bridgehead atoms. The molecule has 3 aromatic rings. The van der Waals surface area contributed by atoms with E-state index in [0.29, 0.717) is 0 Å². The van der Waals surface area contributed by atoms with Gasteiger partial charge in [-0.2, -0.15) is 9.49 Å². The van der Waals surface area contributed by atoms with Crippen molar-refractivity contribution in [2.24, 2.45) is 0 Å². The lowest BCUT2D eigenvalue weighted by Crippen LogP contribution is -2.24. The summed E-state index contributed by atoms with van der Waals surface area (Å²) in [6.07, 6.45) is -0.0704. The Kier molecular flexibility index (Phi) is 5.10. The smallest absolute Gasteiger partial charge is 0.407 e. The standard InChI is InChI=1S/C17H14F2N4O4S/c1-22(17(24)25)10-12-9-15(23(21-12)14-6-3-7-20-16(14)19)28(26,27)13-5-2-4-11(18)8-13/h2-9H,10H2,1H3,(H,24,25). The molecule has 0 saturated carbocycles. The van der Waals surface area contributed by atoms with E-state index < -0.39 is 32.7 Å². The molecule has 2 heterocycles. The zero-order chi connectivity index (χ0) is 20.5. The summed E-state index contributed by atoms with van der Waals surface area (Å²) in [6, 6.07) is 8.11. The number of amides is 1. The Morgan fingerprint density at radius 2 is 1.96 bits per heavy atom. The molecule has 0 aliphatic heterocycles. The van der Waals surface area contributed by atoms with Crippen molar-refractivity contribution in [1.82, 2.24) is 19.7 Å². The van der Waals surface area contributed by atoms with E-state index in [1.54, 1.807) is 0 Å². The monoisotopic (exact) mass is 408 g/mol. The van der Waals surface area contributed by atoms with Crippen LogP contribution in [0.3, 0.4) is 0 Å². The molecule has 0 unspecified atom stereocenters. The van der Waals surface area contributed by atoms with Crippen molar-refractivity contribution in [3.8, 4) is 5.69 Å². The van der Waals surface area contributed by atoms with E-state index in [1.807, 2.05) is 0 Å². The molecule has 11 heteroatoms. The topological polar surface area (TPSA) is 105 Å². The molecule has 8 nitrogen and oxygen atoms in total. The average molecular weight is 408 g/mol. The van der Waals surface area contributed by atoms with Crippen LogP contribution in [0, 0.1) is 11.8 Å². The van der Waals surface area contributed by atoms with E-state index in [2.05, 4.69) is 10.1 Å². The van der Waals surface area contributed by atoms with E-state index >= 15 is 0 Å². The van der Waals surface area contributed by atoms with Gasteiger partial charge in [0, 0.05) is 19.3 Å². The summed E-state index contributed by atoms with van der Waals surface area (Å²) >= 11 is 0. The van der Waals surface area contributed by atoms with Gasteiger partial charge in [0.15, 0.2) is 5.03 Å². The molecule has 146 valence electrons. The van der Waals surface area contributed by atoms with E-state index in [4.69, 9.17) is 5.11 Å². The normalized spacial score (nSPS) is 11.4. The zero-order valence-corrected chi connectivity index (χ0v) is 15.3. The van der Waals surface area contributed by atoms with Crippen LogP contribution in [0.1, 0.15) is 5.69 Å². The molecule has 0 fully saturated rings. The second kappa shape index (κ2) is 7.35. The molecule has 28 heavy (non-hydrogen) atoms. The molecule has 1 amide bonds. The van der Waals surface area contributed by atoms with Crippen LogP contribution in [0.15, 0.2) is 58.6 Å². The first-order valence-corrected chi connectivity index (χ1v) is 9.33. The fourth-order valence-electron chi connectivity index (χ4n) is 2.45. The Bertz CT molecular complexity index is 1150. The van der Waals surface area contributed by atoms with Crippen molar-refractivity contribution in [1.29, 1.82) is 0 Å². The molecular formula is C17H14F2N4O4S. The lowest BCUT2D eigenvalue weighted by Gasteiger charge is -2.10. The van der Waals surface area contributed by atoms with E-state index in [9.17, 15) is 22.0 Å². The number of rotatable bonds is 5.